The predicted molar refractivity (Wildman–Crippen MR) is 261 cm³/mol. The highest BCUT2D eigenvalue weighted by Gasteiger charge is 2.53. The van der Waals surface area contributed by atoms with Gasteiger partial charge in [0, 0.05) is 33.8 Å². The van der Waals surface area contributed by atoms with E-state index in [2.05, 4.69) is 162 Å². The third-order valence-corrected chi connectivity index (χ3v) is 18.3. The van der Waals surface area contributed by atoms with Crippen LogP contribution in [-0.4, -0.2) is 6.71 Å². The Morgan fingerprint density at radius 1 is 0.516 bits per heavy atom. The van der Waals surface area contributed by atoms with Gasteiger partial charge in [0.1, 0.15) is 5.58 Å². The number of anilines is 6. The quantitative estimate of drug-likeness (QED) is 0.166. The molecule has 0 amide bonds. The van der Waals surface area contributed by atoms with Crippen molar-refractivity contribution in [3.63, 3.8) is 0 Å². The van der Waals surface area contributed by atoms with Crippen LogP contribution in [0.4, 0.5) is 34.1 Å². The second-order valence-corrected chi connectivity index (χ2v) is 24.1. The predicted octanol–water partition coefficient (Wildman–Crippen LogP) is 13.7. The molecule has 6 aromatic rings. The lowest BCUT2D eigenvalue weighted by Gasteiger charge is -2.57. The molecule has 3 nitrogen and oxygen atoms in total. The van der Waals surface area contributed by atoms with Crippen LogP contribution in [0.3, 0.4) is 0 Å². The van der Waals surface area contributed by atoms with Gasteiger partial charge in [-0.05, 0) is 202 Å². The van der Waals surface area contributed by atoms with Crippen LogP contribution in [0, 0.1) is 17.8 Å². The first-order valence-corrected chi connectivity index (χ1v) is 24.3. The van der Waals surface area contributed by atoms with E-state index in [1.165, 1.54) is 137 Å². The molecule has 0 saturated heterocycles. The van der Waals surface area contributed by atoms with Crippen molar-refractivity contribution in [1.29, 1.82) is 0 Å². The summed E-state index contributed by atoms with van der Waals surface area (Å²) in [6.45, 7) is 19.7. The van der Waals surface area contributed by atoms with Crippen LogP contribution >= 0.6 is 0 Å². The fourth-order valence-electron chi connectivity index (χ4n) is 15.1. The fourth-order valence-corrected chi connectivity index (χ4v) is 15.1. The van der Waals surface area contributed by atoms with Gasteiger partial charge in [-0.3, -0.25) is 0 Å². The topological polar surface area (TPSA) is 19.6 Å². The van der Waals surface area contributed by atoms with Crippen LogP contribution < -0.4 is 26.4 Å². The molecule has 14 rings (SSSR count). The van der Waals surface area contributed by atoms with Gasteiger partial charge in [-0.25, -0.2) is 0 Å². The second-order valence-electron chi connectivity index (χ2n) is 24.1. The zero-order chi connectivity index (χ0) is 42.3. The summed E-state index contributed by atoms with van der Waals surface area (Å²) in [5, 5.41) is 1.27. The second kappa shape index (κ2) is 12.3. The lowest BCUT2D eigenvalue weighted by Crippen LogP contribution is -2.61. The van der Waals surface area contributed by atoms with Crippen LogP contribution in [0.2, 0.25) is 0 Å². The molecule has 0 atom stereocenters. The van der Waals surface area contributed by atoms with E-state index >= 15 is 0 Å². The summed E-state index contributed by atoms with van der Waals surface area (Å²) in [5.74, 6) is 2.70. The SMILES string of the molecule is CC1(C)CCC(C)(C)c2cc(N3c4cc5c(cc4B4c6oc7ccc(C89CC%10CC(CC(C%10)C8)C9)cc7c6N(c6ccccc6)c6cccc3c64)C(C)(C)CCC5(C)C)ccc21. The largest absolute Gasteiger partial charge is 0.468 e. The Balaban J connectivity index is 1.09. The molecule has 6 aliphatic carbocycles. The molecule has 314 valence electrons. The summed E-state index contributed by atoms with van der Waals surface area (Å²) in [6.07, 6.45) is 13.2. The van der Waals surface area contributed by atoms with E-state index in [0.717, 1.165) is 29.0 Å². The molecule has 0 unspecified atom stereocenters. The third-order valence-electron chi connectivity index (χ3n) is 18.3. The summed E-state index contributed by atoms with van der Waals surface area (Å²) in [4.78, 5) is 5.23. The van der Waals surface area contributed by atoms with Crippen molar-refractivity contribution in [3.05, 3.63) is 125 Å². The summed E-state index contributed by atoms with van der Waals surface area (Å²) < 4.78 is 7.46. The first kappa shape index (κ1) is 37.8. The van der Waals surface area contributed by atoms with Gasteiger partial charge in [-0.2, -0.15) is 0 Å². The van der Waals surface area contributed by atoms with E-state index in [4.69, 9.17) is 4.42 Å². The van der Waals surface area contributed by atoms with Crippen molar-refractivity contribution in [2.45, 2.75) is 147 Å². The summed E-state index contributed by atoms with van der Waals surface area (Å²) in [6, 6.07) is 38.5. The van der Waals surface area contributed by atoms with Crippen LogP contribution in [0.25, 0.3) is 11.0 Å². The number of para-hydroxylation sites is 1. The molecule has 0 N–H and O–H groups in total. The van der Waals surface area contributed by atoms with Crippen molar-refractivity contribution in [2.75, 3.05) is 9.80 Å². The molecule has 4 saturated carbocycles. The van der Waals surface area contributed by atoms with E-state index in [1.54, 1.807) is 5.56 Å². The van der Waals surface area contributed by atoms with Crippen LogP contribution in [0.1, 0.15) is 147 Å². The molecular formula is C58H63BN2O. The van der Waals surface area contributed by atoms with Crippen molar-refractivity contribution < 1.29 is 4.42 Å². The van der Waals surface area contributed by atoms with E-state index in [1.807, 2.05) is 0 Å². The number of fused-ring (bicyclic) bond motifs is 8. The van der Waals surface area contributed by atoms with Crippen molar-refractivity contribution in [2.24, 2.45) is 17.8 Å². The Bertz CT molecular complexity index is 2840. The summed E-state index contributed by atoms with van der Waals surface area (Å²) >= 11 is 0. The Labute approximate surface area is 370 Å². The molecule has 5 aromatic carbocycles. The zero-order valence-corrected chi connectivity index (χ0v) is 38.4. The van der Waals surface area contributed by atoms with E-state index in [-0.39, 0.29) is 28.4 Å². The Morgan fingerprint density at radius 3 is 1.74 bits per heavy atom. The molecular weight excluding hydrogens is 751 g/mol. The first-order valence-electron chi connectivity index (χ1n) is 24.3. The number of furan rings is 1. The highest BCUT2D eigenvalue weighted by atomic mass is 16.3. The Morgan fingerprint density at radius 2 is 1.10 bits per heavy atom. The molecule has 3 heterocycles. The van der Waals surface area contributed by atoms with E-state index < -0.39 is 0 Å². The minimum absolute atomic E-state index is 0.0445. The maximum atomic E-state index is 7.46. The van der Waals surface area contributed by atoms with E-state index in [0.29, 0.717) is 5.41 Å². The van der Waals surface area contributed by atoms with Crippen molar-refractivity contribution in [1.82, 2.24) is 0 Å². The number of benzene rings is 5. The lowest BCUT2D eigenvalue weighted by atomic mass is 9.35. The number of rotatable bonds is 3. The van der Waals surface area contributed by atoms with Gasteiger partial charge < -0.3 is 14.2 Å². The van der Waals surface area contributed by atoms with E-state index in [9.17, 15) is 0 Å². The van der Waals surface area contributed by atoms with Gasteiger partial charge in [-0.15, -0.1) is 0 Å². The smallest absolute Gasteiger partial charge is 0.297 e. The maximum absolute atomic E-state index is 7.46. The maximum Gasteiger partial charge on any atom is 0.297 e. The lowest BCUT2D eigenvalue weighted by molar-refractivity contribution is -0.00513. The summed E-state index contributed by atoms with van der Waals surface area (Å²) in [7, 11) is 0. The number of hydrogen-bond acceptors (Lipinski definition) is 3. The minimum atomic E-state index is -0.0445. The average Bonchev–Trinajstić information content (AvgIpc) is 3.62. The van der Waals surface area contributed by atoms with Gasteiger partial charge in [0.2, 0.25) is 0 Å². The molecule has 1 aromatic heterocycles. The monoisotopic (exact) mass is 815 g/mol. The van der Waals surface area contributed by atoms with Gasteiger partial charge in [0.25, 0.3) is 6.71 Å². The summed E-state index contributed by atoms with van der Waals surface area (Å²) in [5.41, 5.74) is 20.6. The van der Waals surface area contributed by atoms with Gasteiger partial charge in [0.15, 0.2) is 0 Å². The Hall–Kier alpha value is -4.70. The van der Waals surface area contributed by atoms with Gasteiger partial charge in [0.05, 0.1) is 11.3 Å². The molecule has 2 aliphatic heterocycles. The molecule has 4 fully saturated rings. The normalized spacial score (nSPS) is 27.4. The average molecular weight is 815 g/mol. The van der Waals surface area contributed by atoms with Crippen molar-refractivity contribution in [3.8, 4) is 0 Å². The molecule has 8 aliphatic rings. The standard InChI is InChI=1S/C58H63BN2O/c1-54(2)21-22-55(3,4)43-29-40(18-19-42(43)54)60-47-15-12-16-48-51(47)59(46-30-44-45(31-49(46)60)57(7,8)24-23-56(44,5)6)53-52(61(48)39-13-10-9-11-14-39)41-28-38(17-20-50(41)62-53)58-32-35-25-36(33-58)27-37(26-35)34-58/h9-20,28-31,35-37H,21-27,32-34H2,1-8H3. The number of nitrogens with zero attached hydrogens (tertiary/aromatic N) is 2. The number of hydrogen-bond donors (Lipinski definition) is 0. The van der Waals surface area contributed by atoms with Gasteiger partial charge >= 0.3 is 0 Å². The molecule has 0 radical (unpaired) electrons. The fraction of sp³-hybridized carbons (Fsp3) is 0.448. The first-order chi connectivity index (χ1) is 29.6. The van der Waals surface area contributed by atoms with Gasteiger partial charge in [-0.1, -0.05) is 97.9 Å². The van der Waals surface area contributed by atoms with Crippen molar-refractivity contribution >= 4 is 68.4 Å². The highest BCUT2D eigenvalue weighted by Crippen LogP contribution is 2.61. The zero-order valence-electron chi connectivity index (χ0n) is 38.4. The Kier molecular flexibility index (Phi) is 7.51. The molecule has 62 heavy (non-hydrogen) atoms. The minimum Gasteiger partial charge on any atom is -0.468 e. The molecule has 0 spiro atoms. The highest BCUT2D eigenvalue weighted by molar-refractivity contribution is 7.00. The van der Waals surface area contributed by atoms with Crippen LogP contribution in [-0.2, 0) is 27.1 Å². The van der Waals surface area contributed by atoms with Crippen LogP contribution in [0.15, 0.2) is 101 Å². The van der Waals surface area contributed by atoms with Crippen LogP contribution in [0.5, 0.6) is 0 Å². The third kappa shape index (κ3) is 5.13. The molecule has 4 heteroatoms. The molecule has 4 bridgehead atoms.